The summed E-state index contributed by atoms with van der Waals surface area (Å²) in [6, 6.07) is 5.74. The first-order valence-electron chi connectivity index (χ1n) is 9.04. The molecule has 6 heteroatoms. The minimum atomic E-state index is 0.0401. The van der Waals surface area contributed by atoms with Gasteiger partial charge in [0, 0.05) is 42.8 Å². The second-order valence-corrected chi connectivity index (χ2v) is 7.33. The number of amides is 1. The molecule has 1 aromatic carbocycles. The number of carbonyl (C=O) groups excluding carboxylic acids is 1. The van der Waals surface area contributed by atoms with Gasteiger partial charge in [-0.1, -0.05) is 11.6 Å². The van der Waals surface area contributed by atoms with Crippen molar-refractivity contribution in [3.63, 3.8) is 0 Å². The zero-order chi connectivity index (χ0) is 17.8. The van der Waals surface area contributed by atoms with Crippen LogP contribution in [-0.2, 0) is 4.74 Å². The van der Waals surface area contributed by atoms with Gasteiger partial charge in [-0.3, -0.25) is 9.69 Å². The topological polar surface area (TPSA) is 42.0 Å². The van der Waals surface area contributed by atoms with Crippen LogP contribution in [0.4, 0.5) is 0 Å². The van der Waals surface area contributed by atoms with Crippen LogP contribution in [0.3, 0.4) is 0 Å². The number of hydrogen-bond donors (Lipinski definition) is 0. The first-order chi connectivity index (χ1) is 12.1. The number of likely N-dealkylation sites (tertiary alicyclic amines) is 1. The minimum absolute atomic E-state index is 0.0401. The molecule has 2 fully saturated rings. The predicted molar refractivity (Wildman–Crippen MR) is 98.5 cm³/mol. The molecule has 0 N–H and O–H groups in total. The Balaban J connectivity index is 1.58. The summed E-state index contributed by atoms with van der Waals surface area (Å²) in [5.74, 6) is 1.29. The molecule has 1 unspecified atom stereocenters. The lowest BCUT2D eigenvalue weighted by atomic mass is 9.89. The zero-order valence-corrected chi connectivity index (χ0v) is 15.8. The smallest absolute Gasteiger partial charge is 0.254 e. The van der Waals surface area contributed by atoms with E-state index in [1.54, 1.807) is 25.3 Å². The molecule has 138 valence electrons. The molecule has 0 bridgehead atoms. The standard InChI is InChI=1S/C19H27ClN2O3/c1-14(21-7-9-25-10-8-21)15-3-5-22(6-4-15)19(23)16-11-17(20)13-18(12-16)24-2/h11-15H,3-10H2,1-2H3. The first-order valence-corrected chi connectivity index (χ1v) is 9.42. The largest absolute Gasteiger partial charge is 0.497 e. The number of piperidine rings is 1. The van der Waals surface area contributed by atoms with Gasteiger partial charge in [-0.25, -0.2) is 0 Å². The van der Waals surface area contributed by atoms with E-state index in [2.05, 4.69) is 11.8 Å². The summed E-state index contributed by atoms with van der Waals surface area (Å²) in [5.41, 5.74) is 0.601. The van der Waals surface area contributed by atoms with E-state index in [1.165, 1.54) is 0 Å². The van der Waals surface area contributed by atoms with Gasteiger partial charge in [0.1, 0.15) is 5.75 Å². The monoisotopic (exact) mass is 366 g/mol. The third kappa shape index (κ3) is 4.46. The van der Waals surface area contributed by atoms with Crippen LogP contribution in [0.1, 0.15) is 30.1 Å². The van der Waals surface area contributed by atoms with E-state index in [0.717, 1.165) is 52.2 Å². The molecule has 25 heavy (non-hydrogen) atoms. The number of rotatable bonds is 4. The van der Waals surface area contributed by atoms with Crippen molar-refractivity contribution >= 4 is 17.5 Å². The molecule has 0 saturated carbocycles. The molecule has 1 atom stereocenters. The van der Waals surface area contributed by atoms with Crippen LogP contribution in [0.25, 0.3) is 0 Å². The van der Waals surface area contributed by atoms with E-state index in [1.807, 2.05) is 4.90 Å². The maximum atomic E-state index is 12.8. The fourth-order valence-corrected chi connectivity index (χ4v) is 4.08. The van der Waals surface area contributed by atoms with Crippen molar-refractivity contribution in [2.45, 2.75) is 25.8 Å². The third-order valence-electron chi connectivity index (χ3n) is 5.48. The Kier molecular flexibility index (Phi) is 6.20. The lowest BCUT2D eigenvalue weighted by Gasteiger charge is -2.41. The van der Waals surface area contributed by atoms with Gasteiger partial charge in [-0.15, -0.1) is 0 Å². The lowest BCUT2D eigenvalue weighted by Crippen LogP contribution is -2.49. The van der Waals surface area contributed by atoms with Gasteiger partial charge in [0.05, 0.1) is 20.3 Å². The minimum Gasteiger partial charge on any atom is -0.497 e. The van der Waals surface area contributed by atoms with Crippen molar-refractivity contribution in [3.05, 3.63) is 28.8 Å². The number of hydrogen-bond acceptors (Lipinski definition) is 4. The maximum absolute atomic E-state index is 12.8. The van der Waals surface area contributed by atoms with E-state index < -0.39 is 0 Å². The highest BCUT2D eigenvalue weighted by Crippen LogP contribution is 2.27. The summed E-state index contributed by atoms with van der Waals surface area (Å²) in [6.07, 6.45) is 2.09. The van der Waals surface area contributed by atoms with Crippen LogP contribution < -0.4 is 4.74 Å². The number of morpholine rings is 1. The molecule has 2 saturated heterocycles. The van der Waals surface area contributed by atoms with Crippen LogP contribution in [0.15, 0.2) is 18.2 Å². The van der Waals surface area contributed by atoms with E-state index in [9.17, 15) is 4.79 Å². The quantitative estimate of drug-likeness (QED) is 0.821. The molecule has 0 spiro atoms. The van der Waals surface area contributed by atoms with Gasteiger partial charge in [-0.05, 0) is 43.9 Å². The molecular weight excluding hydrogens is 340 g/mol. The average Bonchev–Trinajstić information content (AvgIpc) is 2.67. The molecular formula is C19H27ClN2O3. The Morgan fingerprint density at radius 1 is 1.20 bits per heavy atom. The van der Waals surface area contributed by atoms with E-state index >= 15 is 0 Å². The summed E-state index contributed by atoms with van der Waals surface area (Å²) in [5, 5.41) is 0.526. The van der Waals surface area contributed by atoms with E-state index in [0.29, 0.717) is 28.3 Å². The third-order valence-corrected chi connectivity index (χ3v) is 5.70. The highest BCUT2D eigenvalue weighted by molar-refractivity contribution is 6.31. The van der Waals surface area contributed by atoms with Crippen molar-refractivity contribution < 1.29 is 14.3 Å². The molecule has 0 radical (unpaired) electrons. The molecule has 1 aromatic rings. The fraction of sp³-hybridized carbons (Fsp3) is 0.632. The highest BCUT2D eigenvalue weighted by atomic mass is 35.5. The average molecular weight is 367 g/mol. The number of benzene rings is 1. The van der Waals surface area contributed by atoms with Crippen molar-refractivity contribution in [2.24, 2.45) is 5.92 Å². The van der Waals surface area contributed by atoms with Crippen molar-refractivity contribution in [1.82, 2.24) is 9.80 Å². The van der Waals surface area contributed by atoms with Crippen molar-refractivity contribution in [1.29, 1.82) is 0 Å². The van der Waals surface area contributed by atoms with Crippen molar-refractivity contribution in [2.75, 3.05) is 46.5 Å². The van der Waals surface area contributed by atoms with Crippen LogP contribution in [0.5, 0.6) is 5.75 Å². The molecule has 2 aliphatic heterocycles. The Hall–Kier alpha value is -1.30. The molecule has 5 nitrogen and oxygen atoms in total. The Morgan fingerprint density at radius 2 is 1.88 bits per heavy atom. The molecule has 3 rings (SSSR count). The second-order valence-electron chi connectivity index (χ2n) is 6.90. The highest BCUT2D eigenvalue weighted by Gasteiger charge is 2.30. The van der Waals surface area contributed by atoms with Gasteiger partial charge < -0.3 is 14.4 Å². The van der Waals surface area contributed by atoms with Gasteiger partial charge in [0.2, 0.25) is 0 Å². The van der Waals surface area contributed by atoms with Crippen LogP contribution in [0.2, 0.25) is 5.02 Å². The Morgan fingerprint density at radius 3 is 2.52 bits per heavy atom. The molecule has 0 aliphatic carbocycles. The second kappa shape index (κ2) is 8.39. The van der Waals surface area contributed by atoms with Crippen LogP contribution in [0, 0.1) is 5.92 Å². The lowest BCUT2D eigenvalue weighted by molar-refractivity contribution is -0.000952. The Bertz CT molecular complexity index is 596. The van der Waals surface area contributed by atoms with Gasteiger partial charge in [0.25, 0.3) is 5.91 Å². The first kappa shape index (κ1) is 18.5. The van der Waals surface area contributed by atoms with Crippen molar-refractivity contribution in [3.8, 4) is 5.75 Å². The summed E-state index contributed by atoms with van der Waals surface area (Å²) >= 11 is 6.10. The van der Waals surface area contributed by atoms with Crippen LogP contribution in [-0.4, -0.2) is 68.3 Å². The fourth-order valence-electron chi connectivity index (χ4n) is 3.85. The Labute approximate surface area is 154 Å². The number of nitrogens with zero attached hydrogens (tertiary/aromatic N) is 2. The number of methoxy groups -OCH3 is 1. The van der Waals surface area contributed by atoms with Gasteiger partial charge in [0.15, 0.2) is 0 Å². The number of carbonyl (C=O) groups is 1. The summed E-state index contributed by atoms with van der Waals surface area (Å²) < 4.78 is 10.7. The van der Waals surface area contributed by atoms with Gasteiger partial charge in [-0.2, -0.15) is 0 Å². The van der Waals surface area contributed by atoms with E-state index in [4.69, 9.17) is 21.1 Å². The normalized spacial score (nSPS) is 21.2. The summed E-state index contributed by atoms with van der Waals surface area (Å²) in [4.78, 5) is 17.2. The molecule has 2 aliphatic rings. The predicted octanol–water partition coefficient (Wildman–Crippen LogP) is 2.92. The van der Waals surface area contributed by atoms with E-state index in [-0.39, 0.29) is 5.91 Å². The molecule has 0 aromatic heterocycles. The molecule has 2 heterocycles. The summed E-state index contributed by atoms with van der Waals surface area (Å²) in [6.45, 7) is 7.61. The summed E-state index contributed by atoms with van der Waals surface area (Å²) in [7, 11) is 1.58. The number of ether oxygens (including phenoxy) is 2. The van der Waals surface area contributed by atoms with Gasteiger partial charge >= 0.3 is 0 Å². The van der Waals surface area contributed by atoms with Crippen LogP contribution >= 0.6 is 11.6 Å². The SMILES string of the molecule is COc1cc(Cl)cc(C(=O)N2CCC(C(C)N3CCOCC3)CC2)c1. The number of halogens is 1. The zero-order valence-electron chi connectivity index (χ0n) is 15.0. The molecule has 1 amide bonds. The maximum Gasteiger partial charge on any atom is 0.254 e.